The first-order chi connectivity index (χ1) is 20.6. The second-order valence-corrected chi connectivity index (χ2v) is 11.0. The second-order valence-electron chi connectivity index (χ2n) is 10.1. The summed E-state index contributed by atoms with van der Waals surface area (Å²) in [6.45, 7) is 3.22. The Morgan fingerprint density at radius 1 is 1.16 bits per heavy atom. The number of fused-ring (bicyclic) bond motifs is 3. The Balaban J connectivity index is 0.000000472. The minimum Gasteiger partial charge on any atom is -0.481 e. The van der Waals surface area contributed by atoms with E-state index in [1.165, 1.54) is 22.3 Å². The number of carbonyl (C=O) groups excluding carboxylic acids is 1. The highest BCUT2D eigenvalue weighted by atomic mass is 32.1. The summed E-state index contributed by atoms with van der Waals surface area (Å²) in [7, 11) is 1.99. The molecule has 3 heterocycles. The van der Waals surface area contributed by atoms with Crippen LogP contribution in [-0.2, 0) is 22.6 Å². The van der Waals surface area contributed by atoms with Gasteiger partial charge in [-0.1, -0.05) is 48.2 Å². The molecule has 0 spiro atoms. The predicted octanol–water partition coefficient (Wildman–Crippen LogP) is 5.05. The highest BCUT2D eigenvalue weighted by Crippen LogP contribution is 2.41. The summed E-state index contributed by atoms with van der Waals surface area (Å²) in [5, 5.41) is 17.1. The molecule has 2 aromatic heterocycles. The summed E-state index contributed by atoms with van der Waals surface area (Å²) in [5.41, 5.74) is 8.05. The molecule has 0 atom stereocenters. The fourth-order valence-corrected chi connectivity index (χ4v) is 5.58. The average molecular weight is 609 g/mol. The van der Waals surface area contributed by atoms with Crippen LogP contribution >= 0.6 is 11.3 Å². The Kier molecular flexibility index (Phi) is 8.84. The van der Waals surface area contributed by atoms with Gasteiger partial charge in [-0.25, -0.2) is 4.79 Å². The van der Waals surface area contributed by atoms with Gasteiger partial charge in [0.2, 0.25) is 5.91 Å². The number of ether oxygens (including phenoxy) is 1. The van der Waals surface area contributed by atoms with Gasteiger partial charge < -0.3 is 14.7 Å². The number of likely N-dealkylation sites (N-methyl/N-ethyl adjacent to an activating group) is 1. The van der Waals surface area contributed by atoms with Crippen LogP contribution in [-0.4, -0.2) is 76.4 Å². The minimum atomic E-state index is -5.08. The maximum absolute atomic E-state index is 12.4. The van der Waals surface area contributed by atoms with Gasteiger partial charge in [-0.05, 0) is 36.4 Å². The average Bonchev–Trinajstić information content (AvgIpc) is 3.68. The molecule has 43 heavy (non-hydrogen) atoms. The van der Waals surface area contributed by atoms with Crippen molar-refractivity contribution in [3.05, 3.63) is 81.5 Å². The number of carboxylic acids is 1. The van der Waals surface area contributed by atoms with Crippen molar-refractivity contribution in [3.8, 4) is 40.1 Å². The van der Waals surface area contributed by atoms with E-state index in [9.17, 15) is 18.0 Å². The van der Waals surface area contributed by atoms with Gasteiger partial charge in [0.25, 0.3) is 0 Å². The number of piperazine rings is 1. The van der Waals surface area contributed by atoms with E-state index in [1.807, 2.05) is 42.3 Å². The SMILES string of the molecule is CN1CCN(Cc2ccc3c(c2)Cc2c(-c4csc(C#CCOc5ccccc5)c4)n[nH]c2-3)C(=O)C1.O=C(O)C(F)(F)F. The fourth-order valence-electron chi connectivity index (χ4n) is 4.82. The van der Waals surface area contributed by atoms with E-state index >= 15 is 0 Å². The van der Waals surface area contributed by atoms with Crippen LogP contribution in [0.5, 0.6) is 5.75 Å². The molecule has 2 aromatic carbocycles. The zero-order chi connectivity index (χ0) is 30.6. The van der Waals surface area contributed by atoms with Crippen LogP contribution in [0.3, 0.4) is 0 Å². The Morgan fingerprint density at radius 3 is 2.65 bits per heavy atom. The normalized spacial score (nSPS) is 14.2. The first-order valence-electron chi connectivity index (χ1n) is 13.3. The molecule has 12 heteroatoms. The highest BCUT2D eigenvalue weighted by Gasteiger charge is 2.38. The number of carboxylic acid groups (broad SMARTS) is 1. The van der Waals surface area contributed by atoms with Crippen molar-refractivity contribution in [1.29, 1.82) is 0 Å². The zero-order valence-electron chi connectivity index (χ0n) is 23.1. The van der Waals surface area contributed by atoms with Crippen molar-refractivity contribution in [2.45, 2.75) is 19.1 Å². The van der Waals surface area contributed by atoms with E-state index in [4.69, 9.17) is 14.6 Å². The minimum absolute atomic E-state index is 0.198. The molecule has 8 nitrogen and oxygen atoms in total. The molecule has 0 saturated carbocycles. The van der Waals surface area contributed by atoms with Crippen molar-refractivity contribution >= 4 is 23.2 Å². The predicted molar refractivity (Wildman–Crippen MR) is 156 cm³/mol. The lowest BCUT2D eigenvalue weighted by atomic mass is 10.0. The maximum Gasteiger partial charge on any atom is 0.490 e. The number of aromatic nitrogens is 2. The van der Waals surface area contributed by atoms with Crippen LogP contribution in [0.4, 0.5) is 13.2 Å². The number of H-pyrrole nitrogens is 1. The van der Waals surface area contributed by atoms with Gasteiger partial charge in [0, 0.05) is 48.1 Å². The smallest absolute Gasteiger partial charge is 0.481 e. The third-order valence-corrected chi connectivity index (χ3v) is 7.78. The number of nitrogens with one attached hydrogen (secondary N) is 1. The summed E-state index contributed by atoms with van der Waals surface area (Å²) < 4.78 is 37.4. The summed E-state index contributed by atoms with van der Waals surface area (Å²) in [6, 6.07) is 18.4. The lowest BCUT2D eigenvalue weighted by molar-refractivity contribution is -0.192. The number of halogens is 3. The quantitative estimate of drug-likeness (QED) is 0.271. The number of alkyl halides is 3. The molecule has 6 rings (SSSR count). The topological polar surface area (TPSA) is 98.8 Å². The summed E-state index contributed by atoms with van der Waals surface area (Å²) in [5.74, 6) is 4.57. The van der Waals surface area contributed by atoms with Crippen LogP contribution in [0.2, 0.25) is 0 Å². The zero-order valence-corrected chi connectivity index (χ0v) is 23.9. The molecule has 222 valence electrons. The van der Waals surface area contributed by atoms with E-state index < -0.39 is 12.1 Å². The van der Waals surface area contributed by atoms with Gasteiger partial charge in [-0.15, -0.1) is 11.3 Å². The molecule has 1 amide bonds. The monoisotopic (exact) mass is 608 g/mol. The van der Waals surface area contributed by atoms with E-state index in [-0.39, 0.29) is 5.91 Å². The molecule has 0 bridgehead atoms. The van der Waals surface area contributed by atoms with Crippen molar-refractivity contribution in [1.82, 2.24) is 20.0 Å². The van der Waals surface area contributed by atoms with Crippen LogP contribution in [0, 0.1) is 11.8 Å². The van der Waals surface area contributed by atoms with Crippen molar-refractivity contribution in [2.24, 2.45) is 0 Å². The third-order valence-electron chi connectivity index (χ3n) is 6.94. The molecule has 4 aromatic rings. The van der Waals surface area contributed by atoms with E-state index in [0.717, 1.165) is 47.1 Å². The number of amides is 1. The Bertz CT molecular complexity index is 1690. The van der Waals surface area contributed by atoms with Gasteiger partial charge in [0.05, 0.1) is 22.8 Å². The Morgan fingerprint density at radius 2 is 1.93 bits per heavy atom. The molecule has 1 aliphatic heterocycles. The molecule has 1 fully saturated rings. The molecule has 1 saturated heterocycles. The summed E-state index contributed by atoms with van der Waals surface area (Å²) >= 11 is 1.62. The van der Waals surface area contributed by atoms with Gasteiger partial charge in [-0.3, -0.25) is 14.8 Å². The van der Waals surface area contributed by atoms with E-state index in [1.54, 1.807) is 11.3 Å². The number of para-hydroxylation sites is 1. The van der Waals surface area contributed by atoms with Crippen molar-refractivity contribution < 1.29 is 32.6 Å². The highest BCUT2D eigenvalue weighted by molar-refractivity contribution is 7.11. The van der Waals surface area contributed by atoms with Crippen LogP contribution in [0.1, 0.15) is 21.6 Å². The first kappa shape index (κ1) is 29.9. The lowest BCUT2D eigenvalue weighted by Crippen LogP contribution is -2.48. The summed E-state index contributed by atoms with van der Waals surface area (Å²) in [4.78, 5) is 26.3. The summed E-state index contributed by atoms with van der Waals surface area (Å²) in [6.07, 6.45) is -4.25. The number of benzene rings is 2. The largest absolute Gasteiger partial charge is 0.490 e. The van der Waals surface area contributed by atoms with E-state index in [0.29, 0.717) is 19.7 Å². The molecule has 2 aliphatic rings. The van der Waals surface area contributed by atoms with Crippen molar-refractivity contribution in [3.63, 3.8) is 0 Å². The number of aromatic amines is 1. The van der Waals surface area contributed by atoms with E-state index in [2.05, 4.69) is 56.6 Å². The van der Waals surface area contributed by atoms with Crippen LogP contribution in [0.15, 0.2) is 60.0 Å². The fraction of sp³-hybridized carbons (Fsp3) is 0.258. The first-order valence-corrected chi connectivity index (χ1v) is 14.2. The van der Waals surface area contributed by atoms with Crippen molar-refractivity contribution in [2.75, 3.05) is 33.3 Å². The van der Waals surface area contributed by atoms with Crippen LogP contribution in [0.25, 0.3) is 22.5 Å². The molecular formula is C31H27F3N4O4S. The lowest BCUT2D eigenvalue weighted by Gasteiger charge is -2.32. The molecule has 2 N–H and O–H groups in total. The van der Waals surface area contributed by atoms with Gasteiger partial charge in [-0.2, -0.15) is 18.3 Å². The maximum atomic E-state index is 12.4. The third kappa shape index (κ3) is 7.25. The van der Waals surface area contributed by atoms with Gasteiger partial charge in [0.15, 0.2) is 0 Å². The molecular weight excluding hydrogens is 581 g/mol. The Labute approximate surface area is 249 Å². The Hall–Kier alpha value is -4.60. The number of thiophene rings is 1. The number of nitrogens with zero attached hydrogens (tertiary/aromatic N) is 3. The standard InChI is InChI=1S/C29H26N4O2S.C2HF3O2/c1-32-11-12-33(27(34)18-32)17-20-9-10-25-21(14-20)16-26-28(30-31-29(25)26)22-15-24(36-19-22)8-5-13-35-23-6-3-2-4-7-23;3-2(4,5)1(6)7/h2-4,6-7,9-10,14-15,19H,11-13,16-18H2,1H3,(H,30,31);(H,6,7). The molecule has 0 unspecified atom stereocenters. The van der Waals surface area contributed by atoms with Gasteiger partial charge in [0.1, 0.15) is 12.4 Å². The van der Waals surface area contributed by atoms with Gasteiger partial charge >= 0.3 is 12.1 Å². The van der Waals surface area contributed by atoms with Crippen LogP contribution < -0.4 is 4.74 Å². The molecule has 1 aliphatic carbocycles. The number of carbonyl (C=O) groups is 2. The number of hydrogen-bond acceptors (Lipinski definition) is 6. The number of rotatable bonds is 5. The number of hydrogen-bond donors (Lipinski definition) is 2. The molecule has 0 radical (unpaired) electrons. The number of aliphatic carboxylic acids is 1. The second kappa shape index (κ2) is 12.7.